The lowest BCUT2D eigenvalue weighted by Crippen LogP contribution is -2.19. The van der Waals surface area contributed by atoms with Gasteiger partial charge in [-0.2, -0.15) is 0 Å². The fourth-order valence-corrected chi connectivity index (χ4v) is 4.55. The maximum absolute atomic E-state index is 11.2. The molecule has 0 amide bonds. The highest BCUT2D eigenvalue weighted by Gasteiger charge is 2.33. The monoisotopic (exact) mass is 262 g/mol. The molecule has 1 saturated carbocycles. The molecule has 2 aliphatic carbocycles. The van der Waals surface area contributed by atoms with E-state index in [1.165, 1.54) is 35.3 Å². The first-order chi connectivity index (χ1) is 8.74. The zero-order chi connectivity index (χ0) is 12.5. The van der Waals surface area contributed by atoms with Crippen molar-refractivity contribution >= 4 is 17.7 Å². The van der Waals surface area contributed by atoms with Crippen molar-refractivity contribution < 1.29 is 9.90 Å². The Hall–Kier alpha value is -0.960. The van der Waals surface area contributed by atoms with Gasteiger partial charge < -0.3 is 5.11 Å². The summed E-state index contributed by atoms with van der Waals surface area (Å²) in [6, 6.07) is 6.69. The maximum atomic E-state index is 11.2. The van der Waals surface area contributed by atoms with Crippen LogP contribution in [-0.2, 0) is 17.6 Å². The summed E-state index contributed by atoms with van der Waals surface area (Å²) in [5.74, 6) is -0.769. The van der Waals surface area contributed by atoms with E-state index in [-0.39, 0.29) is 11.2 Å². The molecule has 3 heteroatoms. The van der Waals surface area contributed by atoms with Crippen LogP contribution < -0.4 is 0 Å². The Bertz CT molecular complexity index is 470. The molecule has 0 heterocycles. The number of aliphatic carboxylic acids is 1. The number of aryl methyl sites for hydroxylation is 2. The molecule has 0 saturated heterocycles. The van der Waals surface area contributed by atoms with Gasteiger partial charge in [-0.25, -0.2) is 0 Å². The molecule has 0 bridgehead atoms. The molecule has 96 valence electrons. The first-order valence-corrected chi connectivity index (χ1v) is 7.63. The van der Waals surface area contributed by atoms with Crippen LogP contribution in [-0.4, -0.2) is 16.3 Å². The maximum Gasteiger partial charge on any atom is 0.307 e. The molecule has 3 rings (SSSR count). The summed E-state index contributed by atoms with van der Waals surface area (Å²) in [4.78, 5) is 12.4. The van der Waals surface area contributed by atoms with Crippen LogP contribution in [0.25, 0.3) is 0 Å². The average Bonchev–Trinajstić information content (AvgIpc) is 2.96. The second-order valence-electron chi connectivity index (χ2n) is 5.32. The highest BCUT2D eigenvalue weighted by molar-refractivity contribution is 8.00. The highest BCUT2D eigenvalue weighted by atomic mass is 32.2. The van der Waals surface area contributed by atoms with Crippen molar-refractivity contribution in [3.05, 3.63) is 29.3 Å². The molecular weight excluding hydrogens is 244 g/mol. The van der Waals surface area contributed by atoms with Crippen LogP contribution in [0.3, 0.4) is 0 Å². The largest absolute Gasteiger partial charge is 0.481 e. The third-order valence-corrected chi connectivity index (χ3v) is 5.52. The number of fused-ring (bicyclic) bond motifs is 1. The molecule has 0 radical (unpaired) electrons. The molecule has 1 aromatic rings. The van der Waals surface area contributed by atoms with Gasteiger partial charge in [0, 0.05) is 10.1 Å². The van der Waals surface area contributed by atoms with Gasteiger partial charge in [-0.1, -0.05) is 12.5 Å². The normalized spacial score (nSPS) is 26.2. The first kappa shape index (κ1) is 12.1. The third kappa shape index (κ3) is 2.28. The number of carboxylic acids is 1. The van der Waals surface area contributed by atoms with E-state index in [0.717, 1.165) is 19.3 Å². The Labute approximate surface area is 112 Å². The molecule has 2 nitrogen and oxygen atoms in total. The van der Waals surface area contributed by atoms with Crippen molar-refractivity contribution in [1.82, 2.24) is 0 Å². The summed E-state index contributed by atoms with van der Waals surface area (Å²) < 4.78 is 0. The zero-order valence-corrected chi connectivity index (χ0v) is 11.2. The van der Waals surface area contributed by atoms with Gasteiger partial charge in [0.25, 0.3) is 0 Å². The third-order valence-electron chi connectivity index (χ3n) is 4.13. The van der Waals surface area contributed by atoms with Crippen molar-refractivity contribution in [3.63, 3.8) is 0 Å². The van der Waals surface area contributed by atoms with E-state index >= 15 is 0 Å². The lowest BCUT2D eigenvalue weighted by molar-refractivity contribution is -0.141. The van der Waals surface area contributed by atoms with Crippen molar-refractivity contribution in [2.75, 3.05) is 0 Å². The van der Waals surface area contributed by atoms with Gasteiger partial charge in [-0.3, -0.25) is 4.79 Å². The predicted molar refractivity (Wildman–Crippen MR) is 73.1 cm³/mol. The van der Waals surface area contributed by atoms with Gasteiger partial charge in [0.1, 0.15) is 0 Å². The first-order valence-electron chi connectivity index (χ1n) is 6.75. The minimum Gasteiger partial charge on any atom is -0.481 e. The van der Waals surface area contributed by atoms with Gasteiger partial charge >= 0.3 is 5.97 Å². The second kappa shape index (κ2) is 4.96. The minimum absolute atomic E-state index is 0.150. The fourth-order valence-electron chi connectivity index (χ4n) is 3.15. The van der Waals surface area contributed by atoms with Crippen molar-refractivity contribution in [2.24, 2.45) is 5.92 Å². The minimum atomic E-state index is -0.619. The SMILES string of the molecule is O=C(O)C1CCCC1Sc1ccc2c(c1)CCC2. The Morgan fingerprint density at radius 2 is 2.00 bits per heavy atom. The van der Waals surface area contributed by atoms with Gasteiger partial charge in [-0.05, 0) is 55.4 Å². The van der Waals surface area contributed by atoms with Crippen LogP contribution in [0.1, 0.15) is 36.8 Å². The van der Waals surface area contributed by atoms with Gasteiger partial charge in [0.15, 0.2) is 0 Å². The summed E-state index contributed by atoms with van der Waals surface area (Å²) in [7, 11) is 0. The molecule has 2 unspecified atom stereocenters. The molecule has 2 aliphatic rings. The van der Waals surface area contributed by atoms with Gasteiger partial charge in [0.2, 0.25) is 0 Å². The quantitative estimate of drug-likeness (QED) is 0.905. The molecule has 0 spiro atoms. The van der Waals surface area contributed by atoms with E-state index in [2.05, 4.69) is 18.2 Å². The lowest BCUT2D eigenvalue weighted by Gasteiger charge is -2.15. The number of carbonyl (C=O) groups is 1. The Balaban J connectivity index is 1.74. The molecular formula is C15H18O2S. The topological polar surface area (TPSA) is 37.3 Å². The number of thioether (sulfide) groups is 1. The standard InChI is InChI=1S/C15H18O2S/c16-15(17)13-5-2-6-14(13)18-12-8-7-10-3-1-4-11(10)9-12/h7-9,13-14H,1-6H2,(H,16,17). The predicted octanol–water partition coefficient (Wildman–Crippen LogP) is 3.52. The summed E-state index contributed by atoms with van der Waals surface area (Å²) >= 11 is 1.77. The van der Waals surface area contributed by atoms with Crippen molar-refractivity contribution in [2.45, 2.75) is 48.7 Å². The second-order valence-corrected chi connectivity index (χ2v) is 6.63. The molecule has 0 aromatic heterocycles. The summed E-state index contributed by atoms with van der Waals surface area (Å²) in [6.07, 6.45) is 6.61. The molecule has 1 fully saturated rings. The molecule has 2 atom stereocenters. The van der Waals surface area contributed by atoms with E-state index in [9.17, 15) is 9.90 Å². The van der Waals surface area contributed by atoms with Crippen LogP contribution in [0.15, 0.2) is 23.1 Å². The Morgan fingerprint density at radius 1 is 1.17 bits per heavy atom. The van der Waals surface area contributed by atoms with Crippen molar-refractivity contribution in [1.29, 1.82) is 0 Å². The molecule has 18 heavy (non-hydrogen) atoms. The summed E-state index contributed by atoms with van der Waals surface area (Å²) in [5, 5.41) is 9.47. The average molecular weight is 262 g/mol. The van der Waals surface area contributed by atoms with E-state index in [1.54, 1.807) is 11.8 Å². The van der Waals surface area contributed by atoms with Crippen LogP contribution in [0.5, 0.6) is 0 Å². The summed E-state index contributed by atoms with van der Waals surface area (Å²) in [5.41, 5.74) is 2.96. The highest BCUT2D eigenvalue weighted by Crippen LogP contribution is 2.40. The molecule has 1 aromatic carbocycles. The van der Waals surface area contributed by atoms with Crippen LogP contribution in [0.4, 0.5) is 0 Å². The number of hydrogen-bond acceptors (Lipinski definition) is 2. The summed E-state index contributed by atoms with van der Waals surface area (Å²) in [6.45, 7) is 0. The van der Waals surface area contributed by atoms with Crippen LogP contribution in [0.2, 0.25) is 0 Å². The number of benzene rings is 1. The Morgan fingerprint density at radius 3 is 2.83 bits per heavy atom. The zero-order valence-electron chi connectivity index (χ0n) is 10.4. The van der Waals surface area contributed by atoms with E-state index in [4.69, 9.17) is 0 Å². The molecule has 1 N–H and O–H groups in total. The van der Waals surface area contributed by atoms with E-state index in [0.29, 0.717) is 0 Å². The van der Waals surface area contributed by atoms with E-state index < -0.39 is 5.97 Å². The fraction of sp³-hybridized carbons (Fsp3) is 0.533. The molecule has 0 aliphatic heterocycles. The lowest BCUT2D eigenvalue weighted by atomic mass is 10.1. The van der Waals surface area contributed by atoms with E-state index in [1.807, 2.05) is 0 Å². The van der Waals surface area contributed by atoms with Crippen molar-refractivity contribution in [3.8, 4) is 0 Å². The van der Waals surface area contributed by atoms with Crippen LogP contribution in [0, 0.1) is 5.92 Å². The van der Waals surface area contributed by atoms with Gasteiger partial charge in [0.05, 0.1) is 5.92 Å². The van der Waals surface area contributed by atoms with Crippen LogP contribution >= 0.6 is 11.8 Å². The number of hydrogen-bond donors (Lipinski definition) is 1. The number of rotatable bonds is 3. The van der Waals surface area contributed by atoms with Gasteiger partial charge in [-0.15, -0.1) is 11.8 Å². The number of carboxylic acid groups (broad SMARTS) is 1. The smallest absolute Gasteiger partial charge is 0.307 e. The Kier molecular flexibility index (Phi) is 3.33.